The first-order valence-electron chi connectivity index (χ1n) is 6.69. The van der Waals surface area contributed by atoms with Gasteiger partial charge in [-0.05, 0) is 17.7 Å². The Morgan fingerprint density at radius 2 is 1.83 bits per heavy atom. The van der Waals surface area contributed by atoms with E-state index in [4.69, 9.17) is 20.8 Å². The third-order valence-corrected chi connectivity index (χ3v) is 3.83. The Labute approximate surface area is 141 Å². The van der Waals surface area contributed by atoms with Crippen LogP contribution in [0.1, 0.15) is 5.56 Å². The second-order valence-electron chi connectivity index (χ2n) is 4.48. The quantitative estimate of drug-likeness (QED) is 0.498. The average Bonchev–Trinajstić information content (AvgIpc) is 3.02. The van der Waals surface area contributed by atoms with Crippen molar-refractivity contribution in [2.24, 2.45) is 0 Å². The van der Waals surface area contributed by atoms with Crippen LogP contribution in [0.25, 0.3) is 11.5 Å². The summed E-state index contributed by atoms with van der Waals surface area (Å²) in [5, 5.41) is 7.80. The number of benzene rings is 2. The van der Waals surface area contributed by atoms with Crippen LogP contribution in [0.15, 0.2) is 64.2 Å². The molecule has 1 heterocycles. The molecule has 0 bridgehead atoms. The predicted molar refractivity (Wildman–Crippen MR) is 87.2 cm³/mol. The van der Waals surface area contributed by atoms with Crippen molar-refractivity contribution in [1.29, 1.82) is 0 Å². The van der Waals surface area contributed by atoms with E-state index in [1.807, 2.05) is 36.4 Å². The number of hydrogen-bond acceptors (Lipinski definition) is 6. The van der Waals surface area contributed by atoms with Crippen molar-refractivity contribution in [3.05, 3.63) is 65.2 Å². The van der Waals surface area contributed by atoms with Gasteiger partial charge in [-0.25, -0.2) is 4.79 Å². The van der Waals surface area contributed by atoms with Crippen LogP contribution in [-0.4, -0.2) is 15.5 Å². The maximum absolute atomic E-state index is 11.8. The largest absolute Gasteiger partial charge is 0.452 e. The summed E-state index contributed by atoms with van der Waals surface area (Å²) >= 11 is 6.80. The van der Waals surface area contributed by atoms with Gasteiger partial charge in [0.1, 0.15) is 6.61 Å². The van der Waals surface area contributed by atoms with Crippen molar-refractivity contribution in [3.63, 3.8) is 0 Å². The maximum atomic E-state index is 11.8. The Hall–Kier alpha value is -2.31. The fourth-order valence-electron chi connectivity index (χ4n) is 1.81. The van der Waals surface area contributed by atoms with E-state index < -0.39 is 5.30 Å². The predicted octanol–water partition coefficient (Wildman–Crippen LogP) is 4.82. The lowest BCUT2D eigenvalue weighted by atomic mass is 10.2. The zero-order chi connectivity index (χ0) is 16.1. The van der Waals surface area contributed by atoms with E-state index in [9.17, 15) is 4.79 Å². The van der Waals surface area contributed by atoms with Gasteiger partial charge in [0.25, 0.3) is 5.22 Å². The molecule has 0 fully saturated rings. The summed E-state index contributed by atoms with van der Waals surface area (Å²) in [5.74, 6) is 0.258. The van der Waals surface area contributed by atoms with E-state index in [0.717, 1.165) is 17.3 Å². The lowest BCUT2D eigenvalue weighted by molar-refractivity contribution is 0.168. The molecule has 3 rings (SSSR count). The number of nitrogens with zero attached hydrogens (tertiary/aromatic N) is 2. The molecule has 0 radical (unpaired) electrons. The zero-order valence-corrected chi connectivity index (χ0v) is 13.4. The molecule has 0 aliphatic heterocycles. The Balaban J connectivity index is 1.61. The molecule has 116 valence electrons. The van der Waals surface area contributed by atoms with Gasteiger partial charge in [0, 0.05) is 0 Å². The SMILES string of the molecule is O=C(OCc1ccccc1)Sc1nnc(-c2ccccc2Cl)o1. The molecule has 2 aromatic carbocycles. The van der Waals surface area contributed by atoms with Crippen LogP contribution in [0.5, 0.6) is 0 Å². The summed E-state index contributed by atoms with van der Waals surface area (Å²) in [6.45, 7) is 0.193. The summed E-state index contributed by atoms with van der Waals surface area (Å²) in [5.41, 5.74) is 1.52. The van der Waals surface area contributed by atoms with Gasteiger partial charge in [-0.15, -0.1) is 10.2 Å². The van der Waals surface area contributed by atoms with E-state index in [2.05, 4.69) is 10.2 Å². The number of carbonyl (C=O) groups is 1. The molecule has 0 N–H and O–H groups in total. The van der Waals surface area contributed by atoms with E-state index in [1.165, 1.54) is 0 Å². The molecule has 0 amide bonds. The van der Waals surface area contributed by atoms with Crippen molar-refractivity contribution in [3.8, 4) is 11.5 Å². The second-order valence-corrected chi connectivity index (χ2v) is 5.77. The first-order valence-corrected chi connectivity index (χ1v) is 7.89. The van der Waals surface area contributed by atoms with E-state index >= 15 is 0 Å². The molecule has 0 atom stereocenters. The monoisotopic (exact) mass is 346 g/mol. The third-order valence-electron chi connectivity index (χ3n) is 2.88. The zero-order valence-electron chi connectivity index (χ0n) is 11.8. The van der Waals surface area contributed by atoms with Gasteiger partial charge in [-0.3, -0.25) is 0 Å². The van der Waals surface area contributed by atoms with Crippen LogP contribution < -0.4 is 0 Å². The molecule has 0 saturated carbocycles. The first kappa shape index (κ1) is 15.6. The lowest BCUT2D eigenvalue weighted by Gasteiger charge is -2.02. The number of ether oxygens (including phenoxy) is 1. The Bertz CT molecular complexity index is 808. The number of hydrogen-bond donors (Lipinski definition) is 0. The minimum Gasteiger partial charge on any atom is -0.452 e. The molecule has 0 spiro atoms. The van der Waals surface area contributed by atoms with E-state index in [0.29, 0.717) is 10.6 Å². The van der Waals surface area contributed by atoms with Gasteiger partial charge in [-0.2, -0.15) is 0 Å². The van der Waals surface area contributed by atoms with Crippen LogP contribution in [0.2, 0.25) is 5.02 Å². The Kier molecular flexibility index (Phi) is 4.95. The van der Waals surface area contributed by atoms with Gasteiger partial charge in [0.15, 0.2) is 0 Å². The van der Waals surface area contributed by atoms with Gasteiger partial charge in [-0.1, -0.05) is 54.1 Å². The fraction of sp³-hybridized carbons (Fsp3) is 0.0625. The van der Waals surface area contributed by atoms with Crippen LogP contribution >= 0.6 is 23.4 Å². The van der Waals surface area contributed by atoms with Crippen molar-refractivity contribution < 1.29 is 13.9 Å². The molecule has 3 aromatic rings. The van der Waals surface area contributed by atoms with Crippen LogP contribution in [-0.2, 0) is 11.3 Å². The average molecular weight is 347 g/mol. The fourth-order valence-corrected chi connectivity index (χ4v) is 2.49. The summed E-state index contributed by atoms with van der Waals surface area (Å²) in [4.78, 5) is 11.8. The Morgan fingerprint density at radius 1 is 1.09 bits per heavy atom. The molecular formula is C16H11ClN2O3S. The number of rotatable bonds is 4. The van der Waals surface area contributed by atoms with Crippen molar-refractivity contribution in [1.82, 2.24) is 10.2 Å². The minimum atomic E-state index is -0.511. The van der Waals surface area contributed by atoms with Crippen molar-refractivity contribution in [2.75, 3.05) is 0 Å². The lowest BCUT2D eigenvalue weighted by Crippen LogP contribution is -1.97. The van der Waals surface area contributed by atoms with Crippen LogP contribution in [0.3, 0.4) is 0 Å². The highest BCUT2D eigenvalue weighted by Gasteiger charge is 2.16. The number of aromatic nitrogens is 2. The number of halogens is 1. The van der Waals surface area contributed by atoms with Gasteiger partial charge >= 0.3 is 5.30 Å². The minimum absolute atomic E-state index is 0.109. The smallest absolute Gasteiger partial charge is 0.377 e. The highest BCUT2D eigenvalue weighted by atomic mass is 35.5. The molecule has 5 nitrogen and oxygen atoms in total. The number of carbonyl (C=O) groups excluding carboxylic acids is 1. The highest BCUT2D eigenvalue weighted by Crippen LogP contribution is 2.29. The second kappa shape index (κ2) is 7.30. The number of thioether (sulfide) groups is 1. The van der Waals surface area contributed by atoms with E-state index in [1.54, 1.807) is 18.2 Å². The summed E-state index contributed by atoms with van der Waals surface area (Å²) in [6, 6.07) is 16.5. The van der Waals surface area contributed by atoms with E-state index in [-0.39, 0.29) is 17.7 Å². The molecule has 0 aliphatic carbocycles. The summed E-state index contributed by atoms with van der Waals surface area (Å²) in [6.07, 6.45) is 0. The molecule has 0 aliphatic rings. The molecule has 0 unspecified atom stereocenters. The molecular weight excluding hydrogens is 336 g/mol. The van der Waals surface area contributed by atoms with Crippen LogP contribution in [0.4, 0.5) is 4.79 Å². The molecule has 23 heavy (non-hydrogen) atoms. The maximum Gasteiger partial charge on any atom is 0.377 e. The highest BCUT2D eigenvalue weighted by molar-refractivity contribution is 8.13. The topological polar surface area (TPSA) is 65.2 Å². The first-order chi connectivity index (χ1) is 11.2. The van der Waals surface area contributed by atoms with Gasteiger partial charge in [0.2, 0.25) is 5.89 Å². The normalized spacial score (nSPS) is 10.5. The molecule has 1 aromatic heterocycles. The van der Waals surface area contributed by atoms with Crippen LogP contribution in [0, 0.1) is 0 Å². The molecule has 7 heteroatoms. The van der Waals surface area contributed by atoms with Crippen molar-refractivity contribution >= 4 is 28.7 Å². The third kappa shape index (κ3) is 4.12. The molecule has 0 saturated heterocycles. The summed E-state index contributed by atoms with van der Waals surface area (Å²) in [7, 11) is 0. The van der Waals surface area contributed by atoms with Gasteiger partial charge < -0.3 is 9.15 Å². The van der Waals surface area contributed by atoms with Gasteiger partial charge in [0.05, 0.1) is 22.3 Å². The summed E-state index contributed by atoms with van der Waals surface area (Å²) < 4.78 is 10.6. The standard InChI is InChI=1S/C16H11ClN2O3S/c17-13-9-5-4-8-12(13)14-18-19-15(22-14)23-16(20)21-10-11-6-2-1-3-7-11/h1-9H,10H2. The Morgan fingerprint density at radius 3 is 2.61 bits per heavy atom. The van der Waals surface area contributed by atoms with Crippen molar-refractivity contribution in [2.45, 2.75) is 11.8 Å².